The lowest BCUT2D eigenvalue weighted by Crippen LogP contribution is -2.31. The van der Waals surface area contributed by atoms with E-state index in [1.165, 1.54) is 36.1 Å². The number of halogens is 1. The Labute approximate surface area is 236 Å². The first-order valence-electron chi connectivity index (χ1n) is 11.8. The van der Waals surface area contributed by atoms with Crippen molar-refractivity contribution in [3.63, 3.8) is 0 Å². The number of ketones is 2. The number of aromatic nitrogens is 5. The Kier molecular flexibility index (Phi) is 8.07. The first-order valence-corrected chi connectivity index (χ1v) is 13.0. The molecule has 4 aromatic rings. The Bertz CT molecular complexity index is 1690. The maximum Gasteiger partial charge on any atom is 0.378 e. The summed E-state index contributed by atoms with van der Waals surface area (Å²) in [6.45, 7) is 4.88. The van der Waals surface area contributed by atoms with Gasteiger partial charge in [-0.25, -0.2) is 14.8 Å². The van der Waals surface area contributed by atoms with Crippen molar-refractivity contribution in [2.45, 2.75) is 33.9 Å². The average Bonchev–Trinajstić information content (AvgIpc) is 3.53. The summed E-state index contributed by atoms with van der Waals surface area (Å²) in [5, 5.41) is 16.9. The smallest absolute Gasteiger partial charge is 0.378 e. The Morgan fingerprint density at radius 2 is 1.77 bits per heavy atom. The number of carbonyl (C=O) groups is 4. The van der Waals surface area contributed by atoms with Crippen LogP contribution < -0.4 is 10.9 Å². The van der Waals surface area contributed by atoms with Crippen LogP contribution in [-0.2, 0) is 17.9 Å². The zero-order valence-corrected chi connectivity index (χ0v) is 23.1. The standard InChI is InChI=1S/C26H23ClN6O6S/c1-26(2,3)25(39)33-21(30-11-16-4-5-20(27)40-16)8-17(31-33)14-6-18(23(36)24(37)38)32(22(35)7-14)12-19(34)15-9-28-13-29-10-15/h4-10,13,30H,11-12H2,1-3H3,(H,37,38). The lowest BCUT2D eigenvalue weighted by molar-refractivity contribution is -0.131. The summed E-state index contributed by atoms with van der Waals surface area (Å²) < 4.78 is 2.53. The summed E-state index contributed by atoms with van der Waals surface area (Å²) in [5.74, 6) is -3.85. The number of nitrogens with zero attached hydrogens (tertiary/aromatic N) is 5. The van der Waals surface area contributed by atoms with Crippen LogP contribution in [0.2, 0.25) is 4.34 Å². The molecule has 0 aliphatic carbocycles. The fourth-order valence-electron chi connectivity index (χ4n) is 3.63. The number of Topliss-reactive ketones (excluding diaryl/α,β-unsaturated/α-hetero) is 2. The van der Waals surface area contributed by atoms with Crippen LogP contribution in [-0.4, -0.2) is 52.9 Å². The van der Waals surface area contributed by atoms with E-state index in [0.29, 0.717) is 16.7 Å². The van der Waals surface area contributed by atoms with Crippen molar-refractivity contribution < 1.29 is 24.3 Å². The minimum Gasteiger partial charge on any atom is -0.475 e. The SMILES string of the molecule is CC(C)(C)C(=O)n1nc(-c2cc(C(=O)C(=O)O)n(CC(=O)c3cncnc3)c(=O)c2)cc1NCc1ccc(Cl)s1. The van der Waals surface area contributed by atoms with Gasteiger partial charge in [-0.05, 0) is 18.2 Å². The number of rotatable bonds is 9. The number of carboxylic acids is 1. The molecule has 4 rings (SSSR count). The highest BCUT2D eigenvalue weighted by Crippen LogP contribution is 2.28. The van der Waals surface area contributed by atoms with E-state index in [1.807, 2.05) is 6.07 Å². The Balaban J connectivity index is 1.78. The van der Waals surface area contributed by atoms with Crippen LogP contribution in [0.5, 0.6) is 0 Å². The van der Waals surface area contributed by atoms with Crippen molar-refractivity contribution in [3.05, 3.63) is 79.9 Å². The van der Waals surface area contributed by atoms with Gasteiger partial charge in [0, 0.05) is 40.4 Å². The summed E-state index contributed by atoms with van der Waals surface area (Å²) in [7, 11) is 0. The van der Waals surface area contributed by atoms with Crippen LogP contribution in [0.3, 0.4) is 0 Å². The van der Waals surface area contributed by atoms with Crippen LogP contribution in [0.4, 0.5) is 5.82 Å². The Hall–Kier alpha value is -4.49. The quantitative estimate of drug-likeness (QED) is 0.219. The molecule has 0 saturated carbocycles. The van der Waals surface area contributed by atoms with Gasteiger partial charge in [-0.15, -0.1) is 11.3 Å². The average molecular weight is 583 g/mol. The van der Waals surface area contributed by atoms with Crippen molar-refractivity contribution in [2.75, 3.05) is 5.32 Å². The van der Waals surface area contributed by atoms with E-state index in [9.17, 15) is 29.1 Å². The zero-order chi connectivity index (χ0) is 29.2. The Morgan fingerprint density at radius 1 is 1.07 bits per heavy atom. The number of nitrogens with one attached hydrogen (secondary N) is 1. The Morgan fingerprint density at radius 3 is 2.38 bits per heavy atom. The van der Waals surface area contributed by atoms with Gasteiger partial charge in [0.2, 0.25) is 0 Å². The third-order valence-electron chi connectivity index (χ3n) is 5.65. The topological polar surface area (TPSA) is 166 Å². The van der Waals surface area contributed by atoms with Crippen LogP contribution in [0.25, 0.3) is 11.3 Å². The predicted octanol–water partition coefficient (Wildman–Crippen LogP) is 3.67. The van der Waals surface area contributed by atoms with Gasteiger partial charge in [-0.1, -0.05) is 32.4 Å². The molecule has 0 bridgehead atoms. The van der Waals surface area contributed by atoms with E-state index in [4.69, 9.17) is 11.6 Å². The number of pyridine rings is 1. The van der Waals surface area contributed by atoms with Gasteiger partial charge in [0.1, 0.15) is 17.8 Å². The molecule has 0 aliphatic rings. The van der Waals surface area contributed by atoms with E-state index in [2.05, 4.69) is 20.4 Å². The second-order valence-electron chi connectivity index (χ2n) is 9.68. The van der Waals surface area contributed by atoms with Crippen molar-refractivity contribution in [1.82, 2.24) is 24.3 Å². The normalized spacial score (nSPS) is 11.3. The predicted molar refractivity (Wildman–Crippen MR) is 147 cm³/mol. The van der Waals surface area contributed by atoms with Gasteiger partial charge in [-0.3, -0.25) is 23.7 Å². The molecule has 2 N–H and O–H groups in total. The first-order chi connectivity index (χ1) is 18.8. The molecule has 4 heterocycles. The molecule has 0 amide bonds. The highest BCUT2D eigenvalue weighted by Gasteiger charge is 2.28. The summed E-state index contributed by atoms with van der Waals surface area (Å²) >= 11 is 7.38. The molecule has 0 saturated heterocycles. The number of thiophene rings is 1. The molecule has 0 atom stereocenters. The van der Waals surface area contributed by atoms with Crippen LogP contribution in [0.15, 0.2) is 53.8 Å². The highest BCUT2D eigenvalue weighted by atomic mass is 35.5. The van der Waals surface area contributed by atoms with Crippen LogP contribution in [0.1, 0.15) is 51.3 Å². The maximum absolute atomic E-state index is 13.2. The molecule has 12 nitrogen and oxygen atoms in total. The minimum absolute atomic E-state index is 0.0781. The second-order valence-corrected chi connectivity index (χ2v) is 11.5. The van der Waals surface area contributed by atoms with E-state index in [1.54, 1.807) is 26.8 Å². The van der Waals surface area contributed by atoms with Gasteiger partial charge in [-0.2, -0.15) is 9.78 Å². The molecular weight excluding hydrogens is 560 g/mol. The molecule has 0 aromatic carbocycles. The number of carbonyl (C=O) groups excluding carboxylic acids is 3. The van der Waals surface area contributed by atoms with Crippen LogP contribution >= 0.6 is 22.9 Å². The summed E-state index contributed by atoms with van der Waals surface area (Å²) in [4.78, 5) is 71.6. The molecule has 0 aliphatic heterocycles. The summed E-state index contributed by atoms with van der Waals surface area (Å²) in [6, 6.07) is 7.37. The van der Waals surface area contributed by atoms with Gasteiger partial charge in [0.05, 0.1) is 28.7 Å². The molecule has 0 fully saturated rings. The lowest BCUT2D eigenvalue weighted by Gasteiger charge is -2.18. The number of anilines is 1. The molecule has 4 aromatic heterocycles. The highest BCUT2D eigenvalue weighted by molar-refractivity contribution is 7.16. The molecule has 14 heteroatoms. The monoisotopic (exact) mass is 582 g/mol. The molecule has 0 unspecified atom stereocenters. The molecule has 206 valence electrons. The van der Waals surface area contributed by atoms with Crippen molar-refractivity contribution in [3.8, 4) is 11.3 Å². The third-order valence-corrected chi connectivity index (χ3v) is 6.88. The van der Waals surface area contributed by atoms with E-state index in [0.717, 1.165) is 26.3 Å². The minimum atomic E-state index is -1.81. The third kappa shape index (κ3) is 6.21. The lowest BCUT2D eigenvalue weighted by atomic mass is 9.96. The van der Waals surface area contributed by atoms with E-state index >= 15 is 0 Å². The van der Waals surface area contributed by atoms with Crippen molar-refractivity contribution in [1.29, 1.82) is 0 Å². The van der Waals surface area contributed by atoms with Crippen molar-refractivity contribution in [2.24, 2.45) is 5.41 Å². The maximum atomic E-state index is 13.2. The molecule has 40 heavy (non-hydrogen) atoms. The fourth-order valence-corrected chi connectivity index (χ4v) is 4.66. The van der Waals surface area contributed by atoms with Gasteiger partial charge >= 0.3 is 5.97 Å². The van der Waals surface area contributed by atoms with Gasteiger partial charge < -0.3 is 10.4 Å². The molecule has 0 spiro atoms. The van der Waals surface area contributed by atoms with E-state index < -0.39 is 40.7 Å². The second kappa shape index (κ2) is 11.3. The van der Waals surface area contributed by atoms with E-state index in [-0.39, 0.29) is 22.7 Å². The number of aliphatic carboxylic acids is 1. The molecule has 0 radical (unpaired) electrons. The largest absolute Gasteiger partial charge is 0.475 e. The fraction of sp³-hybridized carbons (Fsp3) is 0.231. The number of hydrogen-bond donors (Lipinski definition) is 2. The molecular formula is C26H23ClN6O6S. The number of hydrogen-bond acceptors (Lipinski definition) is 10. The summed E-state index contributed by atoms with van der Waals surface area (Å²) in [6.07, 6.45) is 3.70. The summed E-state index contributed by atoms with van der Waals surface area (Å²) in [5.41, 5.74) is -1.86. The van der Waals surface area contributed by atoms with Gasteiger partial charge in [0.25, 0.3) is 17.2 Å². The van der Waals surface area contributed by atoms with Crippen molar-refractivity contribution >= 4 is 52.2 Å². The zero-order valence-electron chi connectivity index (χ0n) is 21.5. The first kappa shape index (κ1) is 28.5. The number of carboxylic acid groups (broad SMARTS) is 1. The van der Waals surface area contributed by atoms with Gasteiger partial charge in [0.15, 0.2) is 5.78 Å². The van der Waals surface area contributed by atoms with Crippen LogP contribution in [0, 0.1) is 5.41 Å².